The Balaban J connectivity index is 2.49. The highest BCUT2D eigenvalue weighted by atomic mass is 35.5. The Morgan fingerprint density at radius 2 is 1.90 bits per heavy atom. The molecular formula is C15H21ClO4. The maximum Gasteiger partial charge on any atom is 0.311 e. The van der Waals surface area contributed by atoms with Gasteiger partial charge in [0, 0.05) is 17.0 Å². The van der Waals surface area contributed by atoms with Crippen LogP contribution in [0.4, 0.5) is 0 Å². The molecule has 0 aliphatic heterocycles. The lowest BCUT2D eigenvalue weighted by molar-refractivity contribution is -0.154. The number of ether oxygens (including phenoxy) is 1. The standard InChI is InChI=1S/C15H21ClO4/c1-15(2,3)14(19)20-9-8-12(17)13(18)10-6-4-5-7-11(10)16/h4-7,12-13,17-18H,8-9H2,1-3H3. The lowest BCUT2D eigenvalue weighted by Crippen LogP contribution is -2.26. The average molecular weight is 301 g/mol. The van der Waals surface area contributed by atoms with Gasteiger partial charge in [0.1, 0.15) is 6.10 Å². The van der Waals surface area contributed by atoms with E-state index in [1.165, 1.54) is 0 Å². The van der Waals surface area contributed by atoms with Crippen LogP contribution in [0.1, 0.15) is 38.9 Å². The molecule has 1 rings (SSSR count). The van der Waals surface area contributed by atoms with Crippen LogP contribution in [0.25, 0.3) is 0 Å². The molecule has 1 aromatic rings. The molecule has 2 N–H and O–H groups in total. The molecule has 0 amide bonds. The topological polar surface area (TPSA) is 66.8 Å². The fourth-order valence-corrected chi connectivity index (χ4v) is 1.82. The molecule has 0 aliphatic carbocycles. The molecular weight excluding hydrogens is 280 g/mol. The molecule has 0 bridgehead atoms. The van der Waals surface area contributed by atoms with Gasteiger partial charge in [0.05, 0.1) is 18.1 Å². The minimum absolute atomic E-state index is 0.0543. The predicted molar refractivity (Wildman–Crippen MR) is 77.4 cm³/mol. The molecule has 0 fully saturated rings. The van der Waals surface area contributed by atoms with Gasteiger partial charge in [0.2, 0.25) is 0 Å². The third kappa shape index (κ3) is 4.78. The van der Waals surface area contributed by atoms with E-state index >= 15 is 0 Å². The van der Waals surface area contributed by atoms with Gasteiger partial charge in [-0.05, 0) is 26.8 Å². The summed E-state index contributed by atoms with van der Waals surface area (Å²) in [5, 5.41) is 20.3. The molecule has 4 nitrogen and oxygen atoms in total. The van der Waals surface area contributed by atoms with Crippen LogP contribution in [0.15, 0.2) is 24.3 Å². The normalized spacial score (nSPS) is 14.7. The van der Waals surface area contributed by atoms with Crippen LogP contribution in [0, 0.1) is 5.41 Å². The van der Waals surface area contributed by atoms with E-state index in [4.69, 9.17) is 16.3 Å². The third-order valence-corrected chi connectivity index (χ3v) is 3.19. The molecule has 0 aromatic heterocycles. The molecule has 0 spiro atoms. The highest BCUT2D eigenvalue weighted by Crippen LogP contribution is 2.26. The Kier molecular flexibility index (Phi) is 5.99. The van der Waals surface area contributed by atoms with E-state index in [1.807, 2.05) is 0 Å². The number of rotatable bonds is 5. The number of carbonyl (C=O) groups is 1. The van der Waals surface area contributed by atoms with Crippen molar-refractivity contribution in [2.24, 2.45) is 5.41 Å². The molecule has 1 aromatic carbocycles. The fraction of sp³-hybridized carbons (Fsp3) is 0.533. The summed E-state index contributed by atoms with van der Waals surface area (Å²) in [6.45, 7) is 5.32. The fourth-order valence-electron chi connectivity index (χ4n) is 1.57. The molecule has 0 aliphatic rings. The van der Waals surface area contributed by atoms with E-state index in [-0.39, 0.29) is 19.0 Å². The van der Waals surface area contributed by atoms with Crippen molar-refractivity contribution in [1.29, 1.82) is 0 Å². The maximum absolute atomic E-state index is 11.6. The van der Waals surface area contributed by atoms with E-state index in [0.717, 1.165) is 0 Å². The monoisotopic (exact) mass is 300 g/mol. The number of aliphatic hydroxyl groups excluding tert-OH is 2. The second-order valence-corrected chi connectivity index (χ2v) is 6.12. The van der Waals surface area contributed by atoms with Gasteiger partial charge in [0.15, 0.2) is 0 Å². The van der Waals surface area contributed by atoms with Crippen LogP contribution >= 0.6 is 11.6 Å². The van der Waals surface area contributed by atoms with E-state index in [1.54, 1.807) is 45.0 Å². The molecule has 0 radical (unpaired) electrons. The van der Waals surface area contributed by atoms with E-state index in [9.17, 15) is 15.0 Å². The second kappa shape index (κ2) is 7.07. The zero-order valence-electron chi connectivity index (χ0n) is 12.0. The van der Waals surface area contributed by atoms with Crippen molar-refractivity contribution in [3.05, 3.63) is 34.9 Å². The SMILES string of the molecule is CC(C)(C)C(=O)OCCC(O)C(O)c1ccccc1Cl. The minimum atomic E-state index is -1.10. The van der Waals surface area contributed by atoms with Crippen molar-refractivity contribution < 1.29 is 19.7 Å². The first-order chi connectivity index (χ1) is 9.23. The van der Waals surface area contributed by atoms with E-state index < -0.39 is 17.6 Å². The van der Waals surface area contributed by atoms with Crippen molar-refractivity contribution in [2.45, 2.75) is 39.4 Å². The Morgan fingerprint density at radius 1 is 1.30 bits per heavy atom. The quantitative estimate of drug-likeness (QED) is 0.821. The van der Waals surface area contributed by atoms with E-state index in [0.29, 0.717) is 10.6 Å². The van der Waals surface area contributed by atoms with Crippen molar-refractivity contribution in [2.75, 3.05) is 6.61 Å². The van der Waals surface area contributed by atoms with Gasteiger partial charge >= 0.3 is 5.97 Å². The largest absolute Gasteiger partial charge is 0.465 e. The smallest absolute Gasteiger partial charge is 0.311 e. The van der Waals surface area contributed by atoms with Crippen LogP contribution in [0.2, 0.25) is 5.02 Å². The lowest BCUT2D eigenvalue weighted by Gasteiger charge is -2.21. The summed E-state index contributed by atoms with van der Waals surface area (Å²) in [6, 6.07) is 6.77. The summed E-state index contributed by atoms with van der Waals surface area (Å²) in [4.78, 5) is 11.6. The van der Waals surface area contributed by atoms with Crippen molar-refractivity contribution in [3.63, 3.8) is 0 Å². The molecule has 2 atom stereocenters. The number of hydrogen-bond acceptors (Lipinski definition) is 4. The average Bonchev–Trinajstić information content (AvgIpc) is 2.37. The minimum Gasteiger partial charge on any atom is -0.465 e. The number of aliphatic hydroxyl groups is 2. The van der Waals surface area contributed by atoms with E-state index in [2.05, 4.69) is 0 Å². The number of halogens is 1. The first-order valence-corrected chi connectivity index (χ1v) is 6.89. The van der Waals surface area contributed by atoms with Gasteiger partial charge in [0.25, 0.3) is 0 Å². The molecule has 112 valence electrons. The molecule has 20 heavy (non-hydrogen) atoms. The summed E-state index contributed by atoms with van der Waals surface area (Å²) in [5.41, 5.74) is -0.115. The predicted octanol–water partition coefficient (Wildman–Crippen LogP) is 2.71. The zero-order valence-corrected chi connectivity index (χ0v) is 12.7. The summed E-state index contributed by atoms with van der Waals surface area (Å²) < 4.78 is 5.05. The highest BCUT2D eigenvalue weighted by Gasteiger charge is 2.24. The van der Waals surface area contributed by atoms with Crippen molar-refractivity contribution in [3.8, 4) is 0 Å². The highest BCUT2D eigenvalue weighted by molar-refractivity contribution is 6.31. The summed E-state index contributed by atoms with van der Waals surface area (Å²) in [7, 11) is 0. The number of carbonyl (C=O) groups excluding carboxylic acids is 1. The first-order valence-electron chi connectivity index (χ1n) is 6.51. The van der Waals surface area contributed by atoms with Crippen LogP contribution in [-0.4, -0.2) is 28.9 Å². The maximum atomic E-state index is 11.6. The molecule has 0 saturated carbocycles. The Bertz CT molecular complexity index is 453. The number of hydrogen-bond donors (Lipinski definition) is 2. The zero-order chi connectivity index (χ0) is 15.3. The van der Waals surface area contributed by atoms with Crippen molar-refractivity contribution in [1.82, 2.24) is 0 Å². The number of esters is 1. The molecule has 0 saturated heterocycles. The summed E-state index contributed by atoms with van der Waals surface area (Å²) in [5.74, 6) is -0.336. The van der Waals surface area contributed by atoms with Crippen LogP contribution in [0.3, 0.4) is 0 Å². The van der Waals surface area contributed by atoms with Crippen LogP contribution < -0.4 is 0 Å². The van der Waals surface area contributed by atoms with Crippen molar-refractivity contribution >= 4 is 17.6 Å². The second-order valence-electron chi connectivity index (χ2n) is 5.71. The summed E-state index contributed by atoms with van der Waals surface area (Å²) >= 11 is 5.95. The van der Waals surface area contributed by atoms with Crippen LogP contribution in [-0.2, 0) is 9.53 Å². The Morgan fingerprint density at radius 3 is 2.45 bits per heavy atom. The Labute approximate surface area is 124 Å². The van der Waals surface area contributed by atoms with Gasteiger partial charge < -0.3 is 14.9 Å². The molecule has 0 heterocycles. The third-order valence-electron chi connectivity index (χ3n) is 2.85. The van der Waals surface area contributed by atoms with Gasteiger partial charge in [-0.1, -0.05) is 29.8 Å². The van der Waals surface area contributed by atoms with Gasteiger partial charge in [-0.15, -0.1) is 0 Å². The van der Waals surface area contributed by atoms with Crippen LogP contribution in [0.5, 0.6) is 0 Å². The number of benzene rings is 1. The van der Waals surface area contributed by atoms with Gasteiger partial charge in [-0.3, -0.25) is 4.79 Å². The molecule has 5 heteroatoms. The lowest BCUT2D eigenvalue weighted by atomic mass is 9.97. The first kappa shape index (κ1) is 17.0. The molecule has 2 unspecified atom stereocenters. The summed E-state index contributed by atoms with van der Waals surface area (Å²) in [6.07, 6.45) is -1.99. The Hall–Kier alpha value is -1.10. The van der Waals surface area contributed by atoms with Gasteiger partial charge in [-0.2, -0.15) is 0 Å². The van der Waals surface area contributed by atoms with Gasteiger partial charge in [-0.25, -0.2) is 0 Å².